The van der Waals surface area contributed by atoms with E-state index in [-0.39, 0.29) is 11.9 Å². The number of nitrogens with zero attached hydrogens (tertiary/aromatic N) is 1. The fraction of sp³-hybridized carbons (Fsp3) is 0.900. The number of amides is 1. The number of carbonyl (C=O) groups is 1. The monoisotopic (exact) mass is 184 g/mol. The van der Waals surface area contributed by atoms with Gasteiger partial charge in [0.05, 0.1) is 6.04 Å². The number of likely N-dealkylation sites (tertiary alicyclic amines) is 1. The van der Waals surface area contributed by atoms with Crippen molar-refractivity contribution in [1.29, 1.82) is 0 Å². The largest absolute Gasteiger partial charge is 0.341 e. The van der Waals surface area contributed by atoms with E-state index in [1.165, 1.54) is 12.8 Å². The first-order chi connectivity index (χ1) is 6.25. The topological polar surface area (TPSA) is 46.3 Å². The fourth-order valence-electron chi connectivity index (χ4n) is 1.70. The van der Waals surface area contributed by atoms with Crippen LogP contribution in [0.3, 0.4) is 0 Å². The summed E-state index contributed by atoms with van der Waals surface area (Å²) in [6.45, 7) is 3.78. The van der Waals surface area contributed by atoms with E-state index < -0.39 is 0 Å². The van der Waals surface area contributed by atoms with Gasteiger partial charge in [0.15, 0.2) is 0 Å². The Hall–Kier alpha value is -0.570. The molecule has 1 atom stereocenters. The summed E-state index contributed by atoms with van der Waals surface area (Å²) in [6.07, 6.45) is 5.54. The third-order valence-electron chi connectivity index (χ3n) is 2.67. The smallest absolute Gasteiger partial charge is 0.239 e. The molecule has 3 heteroatoms. The van der Waals surface area contributed by atoms with Crippen LogP contribution in [0, 0.1) is 0 Å². The van der Waals surface area contributed by atoms with E-state index >= 15 is 0 Å². The molecule has 1 fully saturated rings. The SMILES string of the molecule is CC[C@@H](N)C(=O)N1CCCCCC1. The number of carbonyl (C=O) groups excluding carboxylic acids is 1. The van der Waals surface area contributed by atoms with Gasteiger partial charge in [0.2, 0.25) is 5.91 Å². The Labute approximate surface area is 80.3 Å². The van der Waals surface area contributed by atoms with Crippen LogP contribution >= 0.6 is 0 Å². The van der Waals surface area contributed by atoms with Crippen LogP contribution in [-0.4, -0.2) is 29.9 Å². The van der Waals surface area contributed by atoms with Crippen molar-refractivity contribution in [2.24, 2.45) is 5.73 Å². The zero-order valence-electron chi connectivity index (χ0n) is 8.46. The zero-order valence-corrected chi connectivity index (χ0v) is 8.46. The average molecular weight is 184 g/mol. The Balaban J connectivity index is 2.43. The van der Waals surface area contributed by atoms with Gasteiger partial charge in [0.1, 0.15) is 0 Å². The van der Waals surface area contributed by atoms with E-state index in [0.717, 1.165) is 32.4 Å². The highest BCUT2D eigenvalue weighted by atomic mass is 16.2. The van der Waals surface area contributed by atoms with Gasteiger partial charge in [-0.25, -0.2) is 0 Å². The molecule has 1 aliphatic rings. The lowest BCUT2D eigenvalue weighted by atomic mass is 10.2. The van der Waals surface area contributed by atoms with Gasteiger partial charge >= 0.3 is 0 Å². The van der Waals surface area contributed by atoms with Crippen LogP contribution in [0.25, 0.3) is 0 Å². The Kier molecular flexibility index (Phi) is 4.22. The van der Waals surface area contributed by atoms with Crippen molar-refractivity contribution in [3.63, 3.8) is 0 Å². The predicted octanol–water partition coefficient (Wildman–Crippen LogP) is 1.13. The number of rotatable bonds is 2. The molecule has 1 aliphatic heterocycles. The first-order valence-electron chi connectivity index (χ1n) is 5.30. The normalized spacial score (nSPS) is 20.9. The Morgan fingerprint density at radius 2 is 1.85 bits per heavy atom. The van der Waals surface area contributed by atoms with Crippen molar-refractivity contribution in [3.05, 3.63) is 0 Å². The zero-order chi connectivity index (χ0) is 9.68. The van der Waals surface area contributed by atoms with Gasteiger partial charge in [-0.2, -0.15) is 0 Å². The third-order valence-corrected chi connectivity index (χ3v) is 2.67. The lowest BCUT2D eigenvalue weighted by Gasteiger charge is -2.23. The Morgan fingerprint density at radius 3 is 2.31 bits per heavy atom. The van der Waals surface area contributed by atoms with Gasteiger partial charge < -0.3 is 10.6 Å². The van der Waals surface area contributed by atoms with Crippen molar-refractivity contribution >= 4 is 5.91 Å². The lowest BCUT2D eigenvalue weighted by molar-refractivity contribution is -0.132. The summed E-state index contributed by atoms with van der Waals surface area (Å²) in [5.41, 5.74) is 5.71. The van der Waals surface area contributed by atoms with Crippen LogP contribution in [0.5, 0.6) is 0 Å². The first kappa shape index (κ1) is 10.5. The predicted molar refractivity (Wildman–Crippen MR) is 53.3 cm³/mol. The second-order valence-electron chi connectivity index (χ2n) is 3.75. The number of hydrogen-bond donors (Lipinski definition) is 1. The molecule has 0 spiro atoms. The van der Waals surface area contributed by atoms with E-state index in [0.29, 0.717) is 0 Å². The second-order valence-corrected chi connectivity index (χ2v) is 3.75. The molecule has 1 amide bonds. The maximum atomic E-state index is 11.7. The average Bonchev–Trinajstić information content (AvgIpc) is 2.43. The summed E-state index contributed by atoms with van der Waals surface area (Å²) in [5.74, 6) is 0.143. The molecular weight excluding hydrogens is 164 g/mol. The van der Waals surface area contributed by atoms with Crippen LogP contribution in [0.1, 0.15) is 39.0 Å². The van der Waals surface area contributed by atoms with Crippen molar-refractivity contribution in [2.45, 2.75) is 45.1 Å². The maximum absolute atomic E-state index is 11.7. The molecule has 0 radical (unpaired) electrons. The summed E-state index contributed by atoms with van der Waals surface area (Å²) in [4.78, 5) is 13.6. The Morgan fingerprint density at radius 1 is 1.31 bits per heavy atom. The van der Waals surface area contributed by atoms with Gasteiger partial charge in [-0.05, 0) is 19.3 Å². The van der Waals surface area contributed by atoms with Gasteiger partial charge in [0.25, 0.3) is 0 Å². The molecule has 1 saturated heterocycles. The van der Waals surface area contributed by atoms with Crippen molar-refractivity contribution in [3.8, 4) is 0 Å². The van der Waals surface area contributed by atoms with Crippen LogP contribution in [0.2, 0.25) is 0 Å². The minimum Gasteiger partial charge on any atom is -0.341 e. The molecule has 0 aliphatic carbocycles. The van der Waals surface area contributed by atoms with Crippen LogP contribution in [0.15, 0.2) is 0 Å². The highest BCUT2D eigenvalue weighted by molar-refractivity contribution is 5.81. The molecule has 3 nitrogen and oxygen atoms in total. The molecule has 1 rings (SSSR count). The van der Waals surface area contributed by atoms with Crippen LogP contribution in [-0.2, 0) is 4.79 Å². The van der Waals surface area contributed by atoms with E-state index in [1.807, 2.05) is 11.8 Å². The maximum Gasteiger partial charge on any atom is 0.239 e. The van der Waals surface area contributed by atoms with Gasteiger partial charge in [-0.3, -0.25) is 4.79 Å². The summed E-state index contributed by atoms with van der Waals surface area (Å²) in [5, 5.41) is 0. The highest BCUT2D eigenvalue weighted by Gasteiger charge is 2.19. The first-order valence-corrected chi connectivity index (χ1v) is 5.30. The highest BCUT2D eigenvalue weighted by Crippen LogP contribution is 2.10. The fourth-order valence-corrected chi connectivity index (χ4v) is 1.70. The van der Waals surface area contributed by atoms with E-state index in [4.69, 9.17) is 5.73 Å². The minimum absolute atomic E-state index is 0.143. The summed E-state index contributed by atoms with van der Waals surface area (Å²) < 4.78 is 0. The molecule has 13 heavy (non-hydrogen) atoms. The van der Waals surface area contributed by atoms with E-state index in [9.17, 15) is 4.79 Å². The molecular formula is C10H20N2O. The molecule has 0 unspecified atom stereocenters. The third kappa shape index (κ3) is 2.99. The van der Waals surface area contributed by atoms with Crippen LogP contribution in [0.4, 0.5) is 0 Å². The van der Waals surface area contributed by atoms with Crippen molar-refractivity contribution in [2.75, 3.05) is 13.1 Å². The molecule has 0 aromatic heterocycles. The molecule has 1 heterocycles. The quantitative estimate of drug-likeness (QED) is 0.699. The van der Waals surface area contributed by atoms with E-state index in [1.54, 1.807) is 0 Å². The van der Waals surface area contributed by atoms with Gasteiger partial charge in [-0.15, -0.1) is 0 Å². The molecule has 0 aromatic rings. The lowest BCUT2D eigenvalue weighted by Crippen LogP contribution is -2.43. The number of nitrogens with two attached hydrogens (primary N) is 1. The van der Waals surface area contributed by atoms with E-state index in [2.05, 4.69) is 0 Å². The standard InChI is InChI=1S/C10H20N2O/c1-2-9(11)10(13)12-7-5-3-4-6-8-12/h9H,2-8,11H2,1H3/t9-/m1/s1. The molecule has 2 N–H and O–H groups in total. The van der Waals surface area contributed by atoms with Crippen LogP contribution < -0.4 is 5.73 Å². The van der Waals surface area contributed by atoms with Crippen molar-refractivity contribution < 1.29 is 4.79 Å². The van der Waals surface area contributed by atoms with Crippen molar-refractivity contribution in [1.82, 2.24) is 4.90 Å². The minimum atomic E-state index is -0.280. The molecule has 76 valence electrons. The molecule has 0 bridgehead atoms. The molecule has 0 saturated carbocycles. The summed E-state index contributed by atoms with van der Waals surface area (Å²) in [7, 11) is 0. The summed E-state index contributed by atoms with van der Waals surface area (Å²) >= 11 is 0. The second kappa shape index (κ2) is 5.22. The number of hydrogen-bond acceptors (Lipinski definition) is 2. The van der Waals surface area contributed by atoms with Gasteiger partial charge in [-0.1, -0.05) is 19.8 Å². The van der Waals surface area contributed by atoms with Gasteiger partial charge in [0, 0.05) is 13.1 Å². The summed E-state index contributed by atoms with van der Waals surface area (Å²) in [6, 6.07) is -0.280. The molecule has 0 aromatic carbocycles. The Bertz CT molecular complexity index is 162.